The highest BCUT2D eigenvalue weighted by atomic mass is 79.9. The van der Waals surface area contributed by atoms with E-state index in [4.69, 9.17) is 0 Å². The molecule has 0 nitrogen and oxygen atoms in total. The quantitative estimate of drug-likeness (QED) is 0.415. The van der Waals surface area contributed by atoms with Crippen LogP contribution in [-0.4, -0.2) is 5.75 Å². The van der Waals surface area contributed by atoms with Crippen molar-refractivity contribution < 1.29 is 8.78 Å². The third kappa shape index (κ3) is 2.71. The minimum Gasteiger partial charge on any atom is -0.206 e. The molecule has 0 radical (unpaired) electrons. The summed E-state index contributed by atoms with van der Waals surface area (Å²) < 4.78 is 25.6. The van der Waals surface area contributed by atoms with Gasteiger partial charge in [0.05, 0.1) is 10.2 Å². The lowest BCUT2D eigenvalue weighted by molar-refractivity contribution is 0.571. The molecule has 0 amide bonds. The summed E-state index contributed by atoms with van der Waals surface area (Å²) in [5.74, 6) is 4.24. The fraction of sp³-hybridized carbons (Fsp3) is 0.111. The summed E-state index contributed by atoms with van der Waals surface area (Å²) in [7, 11) is 0. The van der Waals surface area contributed by atoms with Crippen LogP contribution < -0.4 is 0 Å². The van der Waals surface area contributed by atoms with Gasteiger partial charge < -0.3 is 0 Å². The number of rotatable bonds is 0. The minimum absolute atomic E-state index is 0.163. The molecule has 4 heteroatoms. The first-order valence-electron chi connectivity index (χ1n) is 3.39. The van der Waals surface area contributed by atoms with Gasteiger partial charge in [-0.3, -0.25) is 0 Å². The van der Waals surface area contributed by atoms with Crippen LogP contribution in [-0.2, 0) is 0 Å². The van der Waals surface area contributed by atoms with Gasteiger partial charge in [-0.15, -0.1) is 0 Å². The average Bonchev–Trinajstić information content (AvgIpc) is 2.10. The maximum atomic E-state index is 12.9. The van der Waals surface area contributed by atoms with Gasteiger partial charge in [-0.1, -0.05) is 11.8 Å². The minimum atomic E-state index is -0.650. The zero-order valence-corrected chi connectivity index (χ0v) is 8.92. The van der Waals surface area contributed by atoms with E-state index in [1.807, 2.05) is 0 Å². The molecule has 0 aliphatic rings. The fourth-order valence-corrected chi connectivity index (χ4v) is 1.08. The average molecular weight is 263 g/mol. The standard InChI is InChI=1S/C9H5BrF2S/c10-9-7(11)4-6(2-1-3-13)5-8(9)12/h4-5,13H,3H2. The molecule has 0 fully saturated rings. The van der Waals surface area contributed by atoms with Crippen molar-refractivity contribution >= 4 is 28.6 Å². The molecule has 0 saturated carbocycles. The molecule has 68 valence electrons. The Balaban J connectivity index is 3.13. The number of thiol groups is 1. The summed E-state index contributed by atoms with van der Waals surface area (Å²) >= 11 is 6.62. The molecule has 0 N–H and O–H groups in total. The number of halogens is 3. The molecule has 1 aromatic carbocycles. The van der Waals surface area contributed by atoms with Crippen LogP contribution in [0.2, 0.25) is 0 Å². The van der Waals surface area contributed by atoms with E-state index in [-0.39, 0.29) is 4.47 Å². The van der Waals surface area contributed by atoms with Crippen molar-refractivity contribution in [3.63, 3.8) is 0 Å². The summed E-state index contributed by atoms with van der Waals surface area (Å²) in [6, 6.07) is 2.34. The Kier molecular flexibility index (Phi) is 3.76. The fourth-order valence-electron chi connectivity index (χ4n) is 0.769. The lowest BCUT2D eigenvalue weighted by Crippen LogP contribution is -1.86. The lowest BCUT2D eigenvalue weighted by Gasteiger charge is -1.97. The zero-order chi connectivity index (χ0) is 9.84. The molecule has 1 rings (SSSR count). The van der Waals surface area contributed by atoms with Gasteiger partial charge in [-0.25, -0.2) is 8.78 Å². The van der Waals surface area contributed by atoms with E-state index in [1.165, 1.54) is 12.1 Å². The molecule has 0 heterocycles. The molecule has 0 atom stereocenters. The van der Waals surface area contributed by atoms with Gasteiger partial charge in [0.25, 0.3) is 0 Å². The summed E-state index contributed by atoms with van der Waals surface area (Å²) in [5, 5.41) is 0. The molecule has 0 aliphatic carbocycles. The van der Waals surface area contributed by atoms with Gasteiger partial charge in [0.2, 0.25) is 0 Å². The first kappa shape index (κ1) is 10.6. The highest BCUT2D eigenvalue weighted by Crippen LogP contribution is 2.20. The zero-order valence-electron chi connectivity index (χ0n) is 6.44. The van der Waals surface area contributed by atoms with Crippen LogP contribution in [0.3, 0.4) is 0 Å². The Morgan fingerprint density at radius 1 is 1.31 bits per heavy atom. The number of benzene rings is 1. The van der Waals surface area contributed by atoms with E-state index in [1.54, 1.807) is 0 Å². The number of hydrogen-bond donors (Lipinski definition) is 1. The highest BCUT2D eigenvalue weighted by molar-refractivity contribution is 9.10. The molecule has 0 spiro atoms. The smallest absolute Gasteiger partial charge is 0.141 e. The Morgan fingerprint density at radius 3 is 2.31 bits per heavy atom. The van der Waals surface area contributed by atoms with Gasteiger partial charge >= 0.3 is 0 Å². The van der Waals surface area contributed by atoms with Crippen LogP contribution in [0.5, 0.6) is 0 Å². The van der Waals surface area contributed by atoms with Crippen molar-refractivity contribution in [3.8, 4) is 11.8 Å². The van der Waals surface area contributed by atoms with Crippen LogP contribution in [0.4, 0.5) is 8.78 Å². The second-order valence-electron chi connectivity index (χ2n) is 2.21. The molecule has 0 unspecified atom stereocenters. The molecule has 13 heavy (non-hydrogen) atoms. The second kappa shape index (κ2) is 4.64. The summed E-state index contributed by atoms with van der Waals surface area (Å²) in [6.45, 7) is 0. The SMILES string of the molecule is Fc1cc(C#CCS)cc(F)c1Br. The highest BCUT2D eigenvalue weighted by Gasteiger charge is 2.06. The third-order valence-electron chi connectivity index (χ3n) is 1.30. The van der Waals surface area contributed by atoms with E-state index in [0.29, 0.717) is 11.3 Å². The van der Waals surface area contributed by atoms with E-state index in [0.717, 1.165) is 0 Å². The molecule has 0 aromatic heterocycles. The Bertz CT molecular complexity index is 356. The van der Waals surface area contributed by atoms with E-state index in [2.05, 4.69) is 40.4 Å². The molecule has 0 saturated heterocycles. The Morgan fingerprint density at radius 2 is 1.85 bits per heavy atom. The van der Waals surface area contributed by atoms with Crippen LogP contribution in [0.1, 0.15) is 5.56 Å². The lowest BCUT2D eigenvalue weighted by atomic mass is 10.2. The van der Waals surface area contributed by atoms with Gasteiger partial charge in [-0.2, -0.15) is 12.6 Å². The summed E-state index contributed by atoms with van der Waals surface area (Å²) in [6.07, 6.45) is 0. The largest absolute Gasteiger partial charge is 0.206 e. The predicted molar refractivity (Wildman–Crippen MR) is 54.8 cm³/mol. The molecule has 0 aliphatic heterocycles. The van der Waals surface area contributed by atoms with Crippen molar-refractivity contribution in [2.75, 3.05) is 5.75 Å². The first-order chi connectivity index (χ1) is 6.15. The van der Waals surface area contributed by atoms with Crippen molar-refractivity contribution in [3.05, 3.63) is 33.8 Å². The van der Waals surface area contributed by atoms with Crippen LogP contribution in [0.15, 0.2) is 16.6 Å². The van der Waals surface area contributed by atoms with Crippen molar-refractivity contribution in [1.29, 1.82) is 0 Å². The number of hydrogen-bond acceptors (Lipinski definition) is 1. The van der Waals surface area contributed by atoms with Crippen molar-refractivity contribution in [2.45, 2.75) is 0 Å². The molecule has 0 bridgehead atoms. The van der Waals surface area contributed by atoms with Crippen LogP contribution in [0.25, 0.3) is 0 Å². The van der Waals surface area contributed by atoms with Crippen molar-refractivity contribution in [1.82, 2.24) is 0 Å². The maximum Gasteiger partial charge on any atom is 0.141 e. The van der Waals surface area contributed by atoms with E-state index >= 15 is 0 Å². The molecule has 1 aromatic rings. The Labute approximate surface area is 88.9 Å². The topological polar surface area (TPSA) is 0 Å². The molecular formula is C9H5BrF2S. The Hall–Kier alpha value is -0.530. The summed E-state index contributed by atoms with van der Waals surface area (Å²) in [5.41, 5.74) is 0.312. The predicted octanol–water partition coefficient (Wildman–Crippen LogP) is 3.01. The van der Waals surface area contributed by atoms with Gasteiger partial charge in [0.15, 0.2) is 0 Å². The normalized spacial score (nSPS) is 9.23. The van der Waals surface area contributed by atoms with Crippen molar-refractivity contribution in [2.24, 2.45) is 0 Å². The summed E-state index contributed by atoms with van der Waals surface area (Å²) in [4.78, 5) is 0. The third-order valence-corrected chi connectivity index (χ3v) is 2.21. The van der Waals surface area contributed by atoms with E-state index in [9.17, 15) is 8.78 Å². The maximum absolute atomic E-state index is 12.9. The monoisotopic (exact) mass is 262 g/mol. The van der Waals surface area contributed by atoms with Gasteiger partial charge in [0.1, 0.15) is 11.6 Å². The van der Waals surface area contributed by atoms with Crippen LogP contribution in [0, 0.1) is 23.5 Å². The molecular weight excluding hydrogens is 258 g/mol. The van der Waals surface area contributed by atoms with E-state index < -0.39 is 11.6 Å². The first-order valence-corrected chi connectivity index (χ1v) is 4.82. The van der Waals surface area contributed by atoms with Gasteiger partial charge in [-0.05, 0) is 28.1 Å². The van der Waals surface area contributed by atoms with Gasteiger partial charge in [0, 0.05) is 5.56 Å². The second-order valence-corrected chi connectivity index (χ2v) is 3.32. The van der Waals surface area contributed by atoms with Crippen LogP contribution >= 0.6 is 28.6 Å².